The highest BCUT2D eigenvalue weighted by Gasteiger charge is 2.47. The molecule has 0 spiro atoms. The zero-order chi connectivity index (χ0) is 22.1. The number of thiophene rings is 1. The number of halogens is 1. The summed E-state index contributed by atoms with van der Waals surface area (Å²) in [7, 11) is 0. The third-order valence-electron chi connectivity index (χ3n) is 5.13. The van der Waals surface area contributed by atoms with E-state index in [1.165, 1.54) is 16.2 Å². The molecule has 2 heterocycles. The second kappa shape index (κ2) is 8.57. The van der Waals surface area contributed by atoms with Crippen molar-refractivity contribution in [2.75, 3.05) is 11.5 Å². The van der Waals surface area contributed by atoms with Crippen molar-refractivity contribution in [1.82, 2.24) is 0 Å². The predicted molar refractivity (Wildman–Crippen MR) is 123 cm³/mol. The lowest BCUT2D eigenvalue weighted by Crippen LogP contribution is -2.29. The average molecular weight is 454 g/mol. The summed E-state index contributed by atoms with van der Waals surface area (Å²) in [6.07, 6.45) is 0. The van der Waals surface area contributed by atoms with Gasteiger partial charge in [0.05, 0.1) is 12.2 Å². The lowest BCUT2D eigenvalue weighted by molar-refractivity contribution is -0.132. The molecule has 158 valence electrons. The Kier molecular flexibility index (Phi) is 5.85. The smallest absolute Gasteiger partial charge is 0.300 e. The van der Waals surface area contributed by atoms with Crippen molar-refractivity contribution in [1.29, 1.82) is 0 Å². The Morgan fingerprint density at radius 2 is 1.90 bits per heavy atom. The summed E-state index contributed by atoms with van der Waals surface area (Å²) >= 11 is 7.61. The Morgan fingerprint density at radius 1 is 1.16 bits per heavy atom. The molecular weight excluding hydrogens is 434 g/mol. The van der Waals surface area contributed by atoms with Gasteiger partial charge in [-0.2, -0.15) is 0 Å². The van der Waals surface area contributed by atoms with Crippen LogP contribution in [0.15, 0.2) is 65.6 Å². The highest BCUT2D eigenvalue weighted by atomic mass is 35.5. The summed E-state index contributed by atoms with van der Waals surface area (Å²) < 4.78 is 5.45. The number of nitrogens with zero attached hydrogens (tertiary/aromatic N) is 1. The molecule has 1 amide bonds. The standard InChI is InChI=1S/C24H20ClNO4S/c1-3-30-17-10-7-15(8-11-17)22(27)20-21(19-5-4-12-31-19)26(24(29)23(20)28)18-13-16(25)9-6-14(18)2/h4-13,21,27H,3H2,1-2H3/b22-20-. The number of amides is 1. The average Bonchev–Trinajstić information content (AvgIpc) is 3.37. The van der Waals surface area contributed by atoms with Gasteiger partial charge in [-0.3, -0.25) is 14.5 Å². The van der Waals surface area contributed by atoms with E-state index in [0.29, 0.717) is 28.6 Å². The van der Waals surface area contributed by atoms with Crippen LogP contribution in [0.5, 0.6) is 5.75 Å². The van der Waals surface area contributed by atoms with E-state index in [4.69, 9.17) is 16.3 Å². The molecule has 1 aliphatic rings. The minimum absolute atomic E-state index is 0.0518. The highest BCUT2D eigenvalue weighted by molar-refractivity contribution is 7.10. The van der Waals surface area contributed by atoms with E-state index in [9.17, 15) is 14.7 Å². The van der Waals surface area contributed by atoms with E-state index >= 15 is 0 Å². The maximum absolute atomic E-state index is 13.1. The Labute approximate surface area is 189 Å². The van der Waals surface area contributed by atoms with Gasteiger partial charge < -0.3 is 9.84 Å². The number of hydrogen-bond acceptors (Lipinski definition) is 5. The zero-order valence-corrected chi connectivity index (χ0v) is 18.5. The van der Waals surface area contributed by atoms with Crippen molar-refractivity contribution in [3.05, 3.63) is 86.6 Å². The molecule has 4 rings (SSSR count). The van der Waals surface area contributed by atoms with Crippen LogP contribution in [0.4, 0.5) is 5.69 Å². The SMILES string of the molecule is CCOc1ccc(/C(O)=C2/C(=O)C(=O)N(c3cc(Cl)ccc3C)C2c2cccs2)cc1. The number of aliphatic hydroxyl groups excluding tert-OH is 1. The summed E-state index contributed by atoms with van der Waals surface area (Å²) in [6.45, 7) is 4.25. The van der Waals surface area contributed by atoms with Gasteiger partial charge >= 0.3 is 0 Å². The van der Waals surface area contributed by atoms with Gasteiger partial charge in [0.25, 0.3) is 11.7 Å². The summed E-state index contributed by atoms with van der Waals surface area (Å²) in [5, 5.41) is 13.4. The topological polar surface area (TPSA) is 66.8 Å². The van der Waals surface area contributed by atoms with Crippen LogP contribution in [-0.4, -0.2) is 23.4 Å². The molecule has 0 bridgehead atoms. The fourth-order valence-corrected chi connectivity index (χ4v) is 4.66. The van der Waals surface area contributed by atoms with Crippen molar-refractivity contribution in [3.8, 4) is 5.75 Å². The first-order valence-electron chi connectivity index (χ1n) is 9.76. The van der Waals surface area contributed by atoms with E-state index in [2.05, 4.69) is 0 Å². The van der Waals surface area contributed by atoms with Crippen molar-refractivity contribution < 1.29 is 19.4 Å². The molecule has 0 radical (unpaired) electrons. The molecule has 1 aliphatic heterocycles. The fraction of sp³-hybridized carbons (Fsp3) is 0.167. The number of anilines is 1. The van der Waals surface area contributed by atoms with Crippen LogP contribution in [-0.2, 0) is 9.59 Å². The largest absolute Gasteiger partial charge is 0.507 e. The molecule has 1 saturated heterocycles. The lowest BCUT2D eigenvalue weighted by atomic mass is 9.99. The Hall–Kier alpha value is -3.09. The number of ether oxygens (including phenoxy) is 1. The van der Waals surface area contributed by atoms with E-state index in [0.717, 1.165) is 10.4 Å². The second-order valence-electron chi connectivity index (χ2n) is 7.07. The molecule has 1 atom stereocenters. The maximum Gasteiger partial charge on any atom is 0.300 e. The molecule has 1 N–H and O–H groups in total. The highest BCUT2D eigenvalue weighted by Crippen LogP contribution is 2.44. The molecule has 31 heavy (non-hydrogen) atoms. The van der Waals surface area contributed by atoms with Crippen LogP contribution in [0.3, 0.4) is 0 Å². The summed E-state index contributed by atoms with van der Waals surface area (Å²) in [6, 6.07) is 14.9. The third kappa shape index (κ3) is 3.84. The number of aryl methyl sites for hydroxylation is 1. The zero-order valence-electron chi connectivity index (χ0n) is 17.0. The molecule has 1 unspecified atom stereocenters. The third-order valence-corrected chi connectivity index (χ3v) is 6.29. The summed E-state index contributed by atoms with van der Waals surface area (Å²) in [5.74, 6) is -0.994. The van der Waals surface area contributed by atoms with Crippen LogP contribution in [0.1, 0.15) is 29.0 Å². The first-order chi connectivity index (χ1) is 14.9. The van der Waals surface area contributed by atoms with Crippen molar-refractivity contribution in [2.45, 2.75) is 19.9 Å². The van der Waals surface area contributed by atoms with Crippen LogP contribution >= 0.6 is 22.9 Å². The molecule has 7 heteroatoms. The maximum atomic E-state index is 13.1. The van der Waals surface area contributed by atoms with Gasteiger partial charge in [0.1, 0.15) is 17.6 Å². The van der Waals surface area contributed by atoms with Gasteiger partial charge in [-0.05, 0) is 67.3 Å². The second-order valence-corrected chi connectivity index (χ2v) is 8.49. The lowest BCUT2D eigenvalue weighted by Gasteiger charge is -2.25. The van der Waals surface area contributed by atoms with E-state index in [-0.39, 0.29) is 11.3 Å². The van der Waals surface area contributed by atoms with Crippen molar-refractivity contribution >= 4 is 46.1 Å². The number of benzene rings is 2. The first kappa shape index (κ1) is 21.2. The van der Waals surface area contributed by atoms with E-state index in [1.54, 1.807) is 42.5 Å². The number of ketones is 1. The molecular formula is C24H20ClNO4S. The predicted octanol–water partition coefficient (Wildman–Crippen LogP) is 5.73. The number of Topliss-reactive ketones (excluding diaryl/α,β-unsaturated/α-hetero) is 1. The number of aliphatic hydroxyl groups is 1. The van der Waals surface area contributed by atoms with Crippen LogP contribution in [0.25, 0.3) is 5.76 Å². The molecule has 0 aliphatic carbocycles. The molecule has 2 aromatic carbocycles. The molecule has 0 saturated carbocycles. The summed E-state index contributed by atoms with van der Waals surface area (Å²) in [4.78, 5) is 28.4. The fourth-order valence-electron chi connectivity index (χ4n) is 3.67. The number of carbonyl (C=O) groups excluding carboxylic acids is 2. The molecule has 3 aromatic rings. The van der Waals surface area contributed by atoms with Crippen molar-refractivity contribution in [3.63, 3.8) is 0 Å². The van der Waals surface area contributed by atoms with Gasteiger partial charge in [0.15, 0.2) is 0 Å². The quantitative estimate of drug-likeness (QED) is 0.304. The first-order valence-corrected chi connectivity index (χ1v) is 11.0. The van der Waals surface area contributed by atoms with Gasteiger partial charge in [0.2, 0.25) is 0 Å². The monoisotopic (exact) mass is 453 g/mol. The Balaban J connectivity index is 1.89. The van der Waals surface area contributed by atoms with E-state index in [1.807, 2.05) is 31.4 Å². The summed E-state index contributed by atoms with van der Waals surface area (Å²) in [5.41, 5.74) is 1.83. The van der Waals surface area contributed by atoms with Crippen LogP contribution in [0.2, 0.25) is 5.02 Å². The number of carbonyl (C=O) groups is 2. The number of hydrogen-bond donors (Lipinski definition) is 1. The van der Waals surface area contributed by atoms with Gasteiger partial charge in [-0.15, -0.1) is 11.3 Å². The minimum atomic E-state index is -0.747. The normalized spacial score (nSPS) is 17.9. The van der Waals surface area contributed by atoms with Gasteiger partial charge in [-0.25, -0.2) is 0 Å². The molecule has 5 nitrogen and oxygen atoms in total. The number of rotatable bonds is 5. The minimum Gasteiger partial charge on any atom is -0.507 e. The van der Waals surface area contributed by atoms with Crippen LogP contribution in [0, 0.1) is 6.92 Å². The van der Waals surface area contributed by atoms with Crippen LogP contribution < -0.4 is 9.64 Å². The molecule has 1 fully saturated rings. The molecule has 1 aromatic heterocycles. The van der Waals surface area contributed by atoms with Gasteiger partial charge in [-0.1, -0.05) is 23.7 Å². The van der Waals surface area contributed by atoms with E-state index < -0.39 is 17.7 Å². The van der Waals surface area contributed by atoms with Crippen molar-refractivity contribution in [2.24, 2.45) is 0 Å². The Bertz CT molecular complexity index is 1170. The Morgan fingerprint density at radius 3 is 2.55 bits per heavy atom. The van der Waals surface area contributed by atoms with Gasteiger partial charge in [0, 0.05) is 21.2 Å².